The van der Waals surface area contributed by atoms with Crippen molar-refractivity contribution in [1.82, 2.24) is 24.3 Å². The summed E-state index contributed by atoms with van der Waals surface area (Å²) in [7, 11) is 0. The van der Waals surface area contributed by atoms with Crippen LogP contribution >= 0.6 is 0 Å². The number of nitrogens with two attached hydrogens (primary N) is 2. The first-order valence-corrected chi connectivity index (χ1v) is 12.8. The van der Waals surface area contributed by atoms with Gasteiger partial charge in [-0.1, -0.05) is 19.1 Å². The Morgan fingerprint density at radius 3 is 2.30 bits per heavy atom. The summed E-state index contributed by atoms with van der Waals surface area (Å²) in [5, 5.41) is 2.69. The first-order valence-electron chi connectivity index (χ1n) is 12.8. The summed E-state index contributed by atoms with van der Waals surface area (Å²) in [6.45, 7) is 9.92. The van der Waals surface area contributed by atoms with Crippen molar-refractivity contribution in [3.05, 3.63) is 52.6 Å². The molecular weight excluding hydrogens is 472 g/mol. The third-order valence-electron chi connectivity index (χ3n) is 7.12. The Kier molecular flexibility index (Phi) is 7.96. The maximum absolute atomic E-state index is 12.7. The van der Waals surface area contributed by atoms with Crippen LogP contribution in [0.1, 0.15) is 32.8 Å². The van der Waals surface area contributed by atoms with E-state index in [0.717, 1.165) is 26.1 Å². The fourth-order valence-corrected chi connectivity index (χ4v) is 4.79. The number of piperidine rings is 1. The number of hydrogen-bond acceptors (Lipinski definition) is 7. The molecule has 0 saturated carbocycles. The van der Waals surface area contributed by atoms with E-state index in [1.165, 1.54) is 10.1 Å². The minimum Gasteiger partial charge on any atom is -0.338 e. The average molecular weight is 511 g/mol. The fourth-order valence-electron chi connectivity index (χ4n) is 4.79. The van der Waals surface area contributed by atoms with E-state index >= 15 is 0 Å². The maximum Gasteiger partial charge on any atom is 0.354 e. The van der Waals surface area contributed by atoms with E-state index in [-0.39, 0.29) is 23.8 Å². The van der Waals surface area contributed by atoms with E-state index < -0.39 is 11.2 Å². The van der Waals surface area contributed by atoms with Gasteiger partial charge in [0.1, 0.15) is 5.82 Å². The van der Waals surface area contributed by atoms with Crippen LogP contribution in [0.2, 0.25) is 0 Å². The van der Waals surface area contributed by atoms with Crippen LogP contribution in [0.3, 0.4) is 0 Å². The fraction of sp³-hybridized carbons (Fsp3) is 0.538. The molecule has 2 aliphatic heterocycles. The molecule has 0 radical (unpaired) electrons. The zero-order valence-electron chi connectivity index (χ0n) is 21.9. The number of rotatable bonds is 5. The molecule has 0 aliphatic carbocycles. The van der Waals surface area contributed by atoms with Crippen LogP contribution in [0.4, 0.5) is 10.6 Å². The molecule has 2 aliphatic rings. The molecule has 2 atom stereocenters. The number of anilines is 1. The summed E-state index contributed by atoms with van der Waals surface area (Å²) in [5.41, 5.74) is 12.5. The van der Waals surface area contributed by atoms with Gasteiger partial charge in [-0.25, -0.2) is 9.59 Å². The smallest absolute Gasteiger partial charge is 0.338 e. The zero-order chi connectivity index (χ0) is 26.7. The number of likely N-dealkylation sites (tertiary alicyclic amines) is 1. The Bertz CT molecular complexity index is 1170. The molecule has 0 bridgehead atoms. The van der Waals surface area contributed by atoms with Crippen molar-refractivity contribution in [2.75, 3.05) is 44.6 Å². The van der Waals surface area contributed by atoms with Crippen molar-refractivity contribution >= 4 is 17.8 Å². The van der Waals surface area contributed by atoms with Gasteiger partial charge >= 0.3 is 11.7 Å². The van der Waals surface area contributed by atoms with Gasteiger partial charge in [-0.05, 0) is 56.5 Å². The number of benzene rings is 1. The summed E-state index contributed by atoms with van der Waals surface area (Å²) in [4.78, 5) is 47.4. The number of carbonyl (C=O) groups is 2. The zero-order valence-corrected chi connectivity index (χ0v) is 21.9. The predicted octanol–water partition coefficient (Wildman–Crippen LogP) is 0.815. The van der Waals surface area contributed by atoms with Gasteiger partial charge in [-0.2, -0.15) is 4.98 Å². The molecule has 1 aromatic heterocycles. The van der Waals surface area contributed by atoms with Crippen LogP contribution < -0.4 is 22.5 Å². The van der Waals surface area contributed by atoms with Crippen molar-refractivity contribution in [3.8, 4) is 5.69 Å². The highest BCUT2D eigenvalue weighted by molar-refractivity contribution is 5.89. The second kappa shape index (κ2) is 11.0. The molecule has 200 valence electrons. The van der Waals surface area contributed by atoms with Gasteiger partial charge in [0.05, 0.1) is 11.2 Å². The van der Waals surface area contributed by atoms with Crippen LogP contribution in [-0.2, 0) is 11.3 Å². The highest BCUT2D eigenvalue weighted by Crippen LogP contribution is 2.18. The molecule has 11 heteroatoms. The highest BCUT2D eigenvalue weighted by Gasteiger charge is 2.31. The Morgan fingerprint density at radius 2 is 1.70 bits per heavy atom. The van der Waals surface area contributed by atoms with Crippen LogP contribution in [0.5, 0.6) is 0 Å². The second-order valence-corrected chi connectivity index (χ2v) is 10.7. The third-order valence-corrected chi connectivity index (χ3v) is 7.12. The number of piperazine rings is 1. The van der Waals surface area contributed by atoms with Gasteiger partial charge in [0.25, 0.3) is 0 Å². The molecule has 0 unspecified atom stereocenters. The van der Waals surface area contributed by atoms with Gasteiger partial charge in [0, 0.05) is 51.5 Å². The third kappa shape index (κ3) is 6.54. The Balaban J connectivity index is 1.32. The number of nitrogens with one attached hydrogen (secondary N) is 1. The quantitative estimate of drug-likeness (QED) is 0.540. The second-order valence-electron chi connectivity index (χ2n) is 10.7. The van der Waals surface area contributed by atoms with Gasteiger partial charge < -0.3 is 21.3 Å². The first-order chi connectivity index (χ1) is 17.5. The largest absolute Gasteiger partial charge is 0.354 e. The number of urea groups is 1. The predicted molar refractivity (Wildman–Crippen MR) is 142 cm³/mol. The standard InChI is InChI=1S/C26H38N8O3/c1-18-16-31(10-8-21(18)27)17-19-4-6-20(7-5-19)34-11-9-22(30-25(34)37)29-24(36)33-14-12-32(13-15-33)23(35)26(2,3)28/h4-7,9,11,18,21H,8,10,12-17,27-28H2,1-3H3,(H,29,30,36,37)/t18-,21-/m1/s1. The first kappa shape index (κ1) is 26.8. The number of amides is 3. The number of hydrogen-bond donors (Lipinski definition) is 3. The topological polar surface area (TPSA) is 143 Å². The number of carbonyl (C=O) groups excluding carboxylic acids is 2. The summed E-state index contributed by atoms with van der Waals surface area (Å²) in [5.74, 6) is 0.521. The normalized spacial score (nSPS) is 21.1. The lowest BCUT2D eigenvalue weighted by molar-refractivity contribution is -0.137. The van der Waals surface area contributed by atoms with Crippen molar-refractivity contribution in [3.63, 3.8) is 0 Å². The monoisotopic (exact) mass is 510 g/mol. The van der Waals surface area contributed by atoms with E-state index in [1.807, 2.05) is 24.3 Å². The molecule has 3 amide bonds. The molecule has 3 heterocycles. The lowest BCUT2D eigenvalue weighted by Gasteiger charge is -2.37. The number of nitrogens with zero attached hydrogens (tertiary/aromatic N) is 5. The van der Waals surface area contributed by atoms with E-state index in [0.29, 0.717) is 37.8 Å². The molecule has 4 rings (SSSR count). The van der Waals surface area contributed by atoms with Crippen LogP contribution in [0, 0.1) is 5.92 Å². The summed E-state index contributed by atoms with van der Waals surface area (Å²) < 4.78 is 1.44. The average Bonchev–Trinajstić information content (AvgIpc) is 2.86. The summed E-state index contributed by atoms with van der Waals surface area (Å²) in [6.07, 6.45) is 2.61. The van der Waals surface area contributed by atoms with Gasteiger partial charge in [0.15, 0.2) is 0 Å². The number of aromatic nitrogens is 2. The Morgan fingerprint density at radius 1 is 1.05 bits per heavy atom. The van der Waals surface area contributed by atoms with Crippen molar-refractivity contribution in [2.24, 2.45) is 17.4 Å². The summed E-state index contributed by atoms with van der Waals surface area (Å²) in [6, 6.07) is 9.36. The van der Waals surface area contributed by atoms with Crippen molar-refractivity contribution in [1.29, 1.82) is 0 Å². The van der Waals surface area contributed by atoms with Crippen LogP contribution in [-0.4, -0.2) is 87.0 Å². The van der Waals surface area contributed by atoms with E-state index in [9.17, 15) is 14.4 Å². The van der Waals surface area contributed by atoms with Gasteiger partial charge in [0.2, 0.25) is 5.91 Å². The molecule has 5 N–H and O–H groups in total. The van der Waals surface area contributed by atoms with Crippen molar-refractivity contribution in [2.45, 2.75) is 45.3 Å². The Hall–Kier alpha value is -3.28. The van der Waals surface area contributed by atoms with Gasteiger partial charge in [-0.15, -0.1) is 0 Å². The van der Waals surface area contributed by atoms with Crippen molar-refractivity contribution < 1.29 is 9.59 Å². The Labute approximate surface area is 217 Å². The molecular formula is C26H38N8O3. The molecule has 11 nitrogen and oxygen atoms in total. The van der Waals surface area contributed by atoms with E-state index in [1.54, 1.807) is 35.9 Å². The molecule has 2 saturated heterocycles. The molecule has 0 spiro atoms. The minimum atomic E-state index is -0.945. The molecule has 2 aromatic rings. The maximum atomic E-state index is 12.7. The lowest BCUT2D eigenvalue weighted by Crippen LogP contribution is -2.58. The minimum absolute atomic E-state index is 0.142. The molecule has 1 aromatic carbocycles. The highest BCUT2D eigenvalue weighted by atomic mass is 16.2. The van der Waals surface area contributed by atoms with E-state index in [4.69, 9.17) is 11.5 Å². The molecule has 37 heavy (non-hydrogen) atoms. The SMILES string of the molecule is C[C@@H]1CN(Cc2ccc(-n3ccc(NC(=O)N4CCN(C(=O)C(C)(C)N)CC4)nc3=O)cc2)CC[C@H]1N. The van der Waals surface area contributed by atoms with Crippen LogP contribution in [0.25, 0.3) is 5.69 Å². The molecule has 2 fully saturated rings. The van der Waals surface area contributed by atoms with Crippen LogP contribution in [0.15, 0.2) is 41.3 Å². The summed E-state index contributed by atoms with van der Waals surface area (Å²) >= 11 is 0. The van der Waals surface area contributed by atoms with E-state index in [2.05, 4.69) is 22.1 Å². The van der Waals surface area contributed by atoms with Gasteiger partial charge in [-0.3, -0.25) is 19.6 Å². The lowest BCUT2D eigenvalue weighted by atomic mass is 9.94.